The topological polar surface area (TPSA) is 26.3 Å². The fourth-order valence-electron chi connectivity index (χ4n) is 1.78. The Hall–Kier alpha value is 0.380. The summed E-state index contributed by atoms with van der Waals surface area (Å²) in [6, 6.07) is 0. The van der Waals surface area contributed by atoms with Crippen LogP contribution < -0.4 is 17.0 Å². The second-order valence-corrected chi connectivity index (χ2v) is 8.19. The Balaban J connectivity index is 0.00000144. The van der Waals surface area contributed by atoms with Crippen LogP contribution in [0.15, 0.2) is 0 Å². The number of halogens is 1. The maximum absolute atomic E-state index is 11.2. The summed E-state index contributed by atoms with van der Waals surface area (Å²) in [7, 11) is -0.880. The van der Waals surface area contributed by atoms with Crippen molar-refractivity contribution in [2.45, 2.75) is 19.8 Å². The maximum atomic E-state index is 11.2. The minimum absolute atomic E-state index is 0. The van der Waals surface area contributed by atoms with Gasteiger partial charge in [-0.15, -0.1) is 0 Å². The second kappa shape index (κ2) is 5.98. The summed E-state index contributed by atoms with van der Waals surface area (Å²) in [6.07, 6.45) is 5.96. The molecule has 0 radical (unpaired) electrons. The van der Waals surface area contributed by atoms with E-state index in [1.807, 2.05) is 6.92 Å². The van der Waals surface area contributed by atoms with Crippen molar-refractivity contribution >= 4 is 13.2 Å². The first-order chi connectivity index (χ1) is 5.66. The average Bonchev–Trinajstić information content (AvgIpc) is 2.36. The van der Waals surface area contributed by atoms with Gasteiger partial charge >= 0.3 is 5.97 Å². The zero-order chi connectivity index (χ0) is 9.03. The molecule has 13 heavy (non-hydrogen) atoms. The first-order valence-corrected chi connectivity index (χ1v) is 7.45. The lowest BCUT2D eigenvalue weighted by molar-refractivity contribution is -0.140. The minimum atomic E-state index is -0.880. The SMILES string of the molecule is CCOC(=O)C[P+]1(C)CCCC1.[Br-]. The molecule has 0 bridgehead atoms. The summed E-state index contributed by atoms with van der Waals surface area (Å²) in [6.45, 7) is 4.70. The highest BCUT2D eigenvalue weighted by molar-refractivity contribution is 7.76. The summed E-state index contributed by atoms with van der Waals surface area (Å²) in [5, 5.41) is 0. The van der Waals surface area contributed by atoms with E-state index in [-0.39, 0.29) is 23.0 Å². The normalized spacial score (nSPS) is 19.2. The highest BCUT2D eigenvalue weighted by Crippen LogP contribution is 2.60. The standard InChI is InChI=1S/C9H18O2P.BrH/c1-3-11-9(10)8-12(2)6-4-5-7-12;/h3-8H2,1-2H3;1H/q+1;/p-1. The highest BCUT2D eigenvalue weighted by atomic mass is 79.9. The molecule has 1 heterocycles. The van der Waals surface area contributed by atoms with E-state index in [4.69, 9.17) is 4.74 Å². The fraction of sp³-hybridized carbons (Fsp3) is 0.889. The van der Waals surface area contributed by atoms with Gasteiger partial charge < -0.3 is 21.7 Å². The molecule has 1 saturated heterocycles. The minimum Gasteiger partial charge on any atom is -1.00 e. The molecular weight excluding hydrogens is 251 g/mol. The summed E-state index contributed by atoms with van der Waals surface area (Å²) < 4.78 is 4.96. The molecule has 1 rings (SSSR count). The molecule has 1 aliphatic rings. The Morgan fingerprint density at radius 3 is 2.38 bits per heavy atom. The van der Waals surface area contributed by atoms with E-state index in [1.165, 1.54) is 25.2 Å². The predicted octanol–water partition coefficient (Wildman–Crippen LogP) is -1.01. The molecular formula is C9H18BrO2P. The third-order valence-electron chi connectivity index (χ3n) is 2.46. The van der Waals surface area contributed by atoms with Crippen LogP contribution >= 0.6 is 7.26 Å². The maximum Gasteiger partial charge on any atom is 0.343 e. The molecule has 78 valence electrons. The van der Waals surface area contributed by atoms with Crippen LogP contribution in [-0.4, -0.2) is 37.7 Å². The molecule has 0 atom stereocenters. The fourth-order valence-corrected chi connectivity index (χ4v) is 5.00. The van der Waals surface area contributed by atoms with E-state index >= 15 is 0 Å². The summed E-state index contributed by atoms with van der Waals surface area (Å²) >= 11 is 0. The highest BCUT2D eigenvalue weighted by Gasteiger charge is 2.38. The van der Waals surface area contributed by atoms with E-state index in [9.17, 15) is 4.79 Å². The molecule has 4 heteroatoms. The van der Waals surface area contributed by atoms with Crippen molar-refractivity contribution in [2.24, 2.45) is 0 Å². The second-order valence-electron chi connectivity index (χ2n) is 3.74. The summed E-state index contributed by atoms with van der Waals surface area (Å²) in [4.78, 5) is 11.2. The molecule has 0 aromatic rings. The summed E-state index contributed by atoms with van der Waals surface area (Å²) in [5.41, 5.74) is 0. The average molecular weight is 269 g/mol. The monoisotopic (exact) mass is 268 g/mol. The van der Waals surface area contributed by atoms with E-state index < -0.39 is 7.26 Å². The molecule has 0 aliphatic carbocycles. The van der Waals surface area contributed by atoms with Crippen molar-refractivity contribution in [1.82, 2.24) is 0 Å². The molecule has 0 aromatic carbocycles. The van der Waals surface area contributed by atoms with Crippen LogP contribution in [0.3, 0.4) is 0 Å². The third kappa shape index (κ3) is 4.42. The Morgan fingerprint density at radius 2 is 1.92 bits per heavy atom. The van der Waals surface area contributed by atoms with Crippen molar-refractivity contribution in [1.29, 1.82) is 0 Å². The zero-order valence-corrected chi connectivity index (χ0v) is 10.9. The van der Waals surface area contributed by atoms with Crippen LogP contribution in [-0.2, 0) is 9.53 Å². The van der Waals surface area contributed by atoms with Crippen LogP contribution in [0.1, 0.15) is 19.8 Å². The number of ether oxygens (including phenoxy) is 1. The molecule has 0 saturated carbocycles. The van der Waals surface area contributed by atoms with Crippen molar-refractivity contribution in [2.75, 3.05) is 31.8 Å². The van der Waals surface area contributed by atoms with Crippen LogP contribution in [0.2, 0.25) is 0 Å². The van der Waals surface area contributed by atoms with Gasteiger partial charge in [-0.2, -0.15) is 0 Å². The molecule has 1 aliphatic heterocycles. The lowest BCUT2D eigenvalue weighted by atomic mass is 10.4. The molecule has 1 fully saturated rings. The van der Waals surface area contributed by atoms with Crippen molar-refractivity contribution in [3.05, 3.63) is 0 Å². The van der Waals surface area contributed by atoms with Crippen LogP contribution in [0, 0.1) is 0 Å². The zero-order valence-electron chi connectivity index (χ0n) is 8.38. The smallest absolute Gasteiger partial charge is 0.343 e. The van der Waals surface area contributed by atoms with E-state index in [1.54, 1.807) is 0 Å². The van der Waals surface area contributed by atoms with Crippen molar-refractivity contribution in [3.63, 3.8) is 0 Å². The van der Waals surface area contributed by atoms with Crippen molar-refractivity contribution < 1.29 is 26.5 Å². The van der Waals surface area contributed by atoms with Gasteiger partial charge in [-0.05, 0) is 19.8 Å². The van der Waals surface area contributed by atoms with E-state index in [2.05, 4.69) is 6.66 Å². The first kappa shape index (κ1) is 13.4. The Kier molecular flexibility index (Phi) is 6.15. The third-order valence-corrected chi connectivity index (χ3v) is 6.28. The molecule has 0 amide bonds. The molecule has 0 unspecified atom stereocenters. The number of carbonyl (C=O) groups is 1. The molecule has 0 N–H and O–H groups in total. The van der Waals surface area contributed by atoms with Crippen LogP contribution in [0.25, 0.3) is 0 Å². The van der Waals surface area contributed by atoms with E-state index in [0.29, 0.717) is 6.61 Å². The number of carbonyl (C=O) groups excluding carboxylic acids is 1. The van der Waals surface area contributed by atoms with Gasteiger partial charge in [0.25, 0.3) is 0 Å². The van der Waals surface area contributed by atoms with Crippen LogP contribution in [0.4, 0.5) is 0 Å². The van der Waals surface area contributed by atoms with E-state index in [0.717, 1.165) is 6.16 Å². The Bertz CT molecular complexity index is 167. The molecule has 0 aromatic heterocycles. The van der Waals surface area contributed by atoms with Gasteiger partial charge in [-0.3, -0.25) is 0 Å². The number of hydrogen-bond acceptors (Lipinski definition) is 2. The van der Waals surface area contributed by atoms with Crippen molar-refractivity contribution in [3.8, 4) is 0 Å². The number of rotatable bonds is 3. The largest absolute Gasteiger partial charge is 1.00 e. The number of hydrogen-bond donors (Lipinski definition) is 0. The predicted molar refractivity (Wildman–Crippen MR) is 53.3 cm³/mol. The summed E-state index contributed by atoms with van der Waals surface area (Å²) in [5.74, 6) is 0.0234. The van der Waals surface area contributed by atoms with Gasteiger partial charge in [0.2, 0.25) is 0 Å². The lowest BCUT2D eigenvalue weighted by Gasteiger charge is -2.14. The quantitative estimate of drug-likeness (QED) is 0.485. The van der Waals surface area contributed by atoms with Gasteiger partial charge in [0, 0.05) is 13.9 Å². The first-order valence-electron chi connectivity index (χ1n) is 4.65. The molecule has 0 spiro atoms. The van der Waals surface area contributed by atoms with Gasteiger partial charge in [0.15, 0.2) is 6.16 Å². The number of esters is 1. The van der Waals surface area contributed by atoms with Gasteiger partial charge in [0.1, 0.15) is 0 Å². The van der Waals surface area contributed by atoms with Gasteiger partial charge in [-0.25, -0.2) is 4.79 Å². The lowest BCUT2D eigenvalue weighted by Crippen LogP contribution is -3.00. The molecule has 2 nitrogen and oxygen atoms in total. The Morgan fingerprint density at radius 1 is 1.38 bits per heavy atom. The van der Waals surface area contributed by atoms with Gasteiger partial charge in [0.05, 0.1) is 18.9 Å². The van der Waals surface area contributed by atoms with Crippen LogP contribution in [0.5, 0.6) is 0 Å². The Labute approximate surface area is 91.5 Å². The van der Waals surface area contributed by atoms with Gasteiger partial charge in [-0.1, -0.05) is 0 Å².